The number of nitrogens with one attached hydrogen (secondary N) is 1. The Hall–Kier alpha value is -0.550. The molecule has 3 nitrogen and oxygen atoms in total. The van der Waals surface area contributed by atoms with Gasteiger partial charge in [-0.05, 0) is 24.6 Å². The number of hydrogen-bond acceptors (Lipinski definition) is 3. The second kappa shape index (κ2) is 8.67. The van der Waals surface area contributed by atoms with Gasteiger partial charge >= 0.3 is 0 Å². The van der Waals surface area contributed by atoms with Gasteiger partial charge in [0, 0.05) is 42.8 Å². The van der Waals surface area contributed by atoms with Crippen molar-refractivity contribution in [2.75, 3.05) is 40.0 Å². The average molecular weight is 323 g/mol. The molecular formula is C14H21Cl2FN2O. The van der Waals surface area contributed by atoms with Crippen LogP contribution in [0.25, 0.3) is 0 Å². The van der Waals surface area contributed by atoms with E-state index in [1.807, 2.05) is 12.1 Å². The molecule has 0 amide bonds. The van der Waals surface area contributed by atoms with E-state index in [9.17, 15) is 4.39 Å². The normalized spacial score (nSPS) is 17.4. The molecule has 1 aromatic rings. The van der Waals surface area contributed by atoms with Gasteiger partial charge < -0.3 is 10.1 Å². The standard InChI is InChI=1S/C14H20ClFN2O.ClH/c1-19-14-3-2-11(15)10-12(14)13(4-5-16)18-8-6-17-7-9-18;/h2-3,10,13,17H,4-9H2,1H3;1H/t13-;/m0./s1. The van der Waals surface area contributed by atoms with Crippen molar-refractivity contribution in [2.45, 2.75) is 12.5 Å². The number of methoxy groups -OCH3 is 1. The maximum Gasteiger partial charge on any atom is 0.123 e. The van der Waals surface area contributed by atoms with Crippen molar-refractivity contribution in [3.63, 3.8) is 0 Å². The summed E-state index contributed by atoms with van der Waals surface area (Å²) in [7, 11) is 1.64. The maximum atomic E-state index is 12.9. The second-order valence-electron chi connectivity index (χ2n) is 4.67. The smallest absolute Gasteiger partial charge is 0.123 e. The van der Waals surface area contributed by atoms with Crippen LogP contribution in [-0.4, -0.2) is 44.9 Å². The minimum absolute atomic E-state index is 0. The lowest BCUT2D eigenvalue weighted by Gasteiger charge is -2.35. The van der Waals surface area contributed by atoms with Crippen LogP contribution in [0.1, 0.15) is 18.0 Å². The fourth-order valence-corrected chi connectivity index (χ4v) is 2.78. The highest BCUT2D eigenvalue weighted by atomic mass is 35.5. The molecule has 1 aliphatic heterocycles. The van der Waals surface area contributed by atoms with Crippen molar-refractivity contribution in [3.8, 4) is 5.75 Å². The van der Waals surface area contributed by atoms with Crippen molar-refractivity contribution < 1.29 is 9.13 Å². The number of rotatable bonds is 5. The van der Waals surface area contributed by atoms with Crippen molar-refractivity contribution in [3.05, 3.63) is 28.8 Å². The number of nitrogens with zero attached hydrogens (tertiary/aromatic N) is 1. The summed E-state index contributed by atoms with van der Waals surface area (Å²) >= 11 is 6.08. The number of alkyl halides is 1. The highest BCUT2D eigenvalue weighted by Crippen LogP contribution is 2.34. The molecule has 1 N–H and O–H groups in total. The third kappa shape index (κ3) is 4.22. The molecule has 0 radical (unpaired) electrons. The summed E-state index contributed by atoms with van der Waals surface area (Å²) in [6, 6.07) is 5.57. The molecule has 0 aromatic heterocycles. The van der Waals surface area contributed by atoms with Gasteiger partial charge in [-0.3, -0.25) is 9.29 Å². The average Bonchev–Trinajstić information content (AvgIpc) is 2.45. The number of hydrogen-bond donors (Lipinski definition) is 1. The molecule has 1 aliphatic rings. The lowest BCUT2D eigenvalue weighted by atomic mass is 10.0. The third-order valence-corrected chi connectivity index (χ3v) is 3.76. The van der Waals surface area contributed by atoms with Crippen LogP contribution < -0.4 is 10.1 Å². The maximum absolute atomic E-state index is 12.9. The van der Waals surface area contributed by atoms with Gasteiger partial charge in [0.05, 0.1) is 13.8 Å². The molecule has 1 fully saturated rings. The summed E-state index contributed by atoms with van der Waals surface area (Å²) in [5.41, 5.74) is 0.981. The highest BCUT2D eigenvalue weighted by molar-refractivity contribution is 6.30. The predicted octanol–water partition coefficient (Wildman–Crippen LogP) is 3.08. The van der Waals surface area contributed by atoms with E-state index in [0.717, 1.165) is 37.5 Å². The number of ether oxygens (including phenoxy) is 1. The zero-order chi connectivity index (χ0) is 13.7. The molecule has 114 valence electrons. The summed E-state index contributed by atoms with van der Waals surface area (Å²) < 4.78 is 18.3. The molecule has 1 aromatic carbocycles. The zero-order valence-corrected chi connectivity index (χ0v) is 13.1. The Labute approximate surface area is 130 Å². The second-order valence-corrected chi connectivity index (χ2v) is 5.10. The molecule has 6 heteroatoms. The van der Waals surface area contributed by atoms with Gasteiger partial charge in [0.25, 0.3) is 0 Å². The Balaban J connectivity index is 0.00000200. The fraction of sp³-hybridized carbons (Fsp3) is 0.571. The van der Waals surface area contributed by atoms with Crippen LogP contribution in [0, 0.1) is 0 Å². The lowest BCUT2D eigenvalue weighted by Crippen LogP contribution is -2.45. The Kier molecular flexibility index (Phi) is 7.59. The van der Waals surface area contributed by atoms with Crippen LogP contribution in [0.3, 0.4) is 0 Å². The zero-order valence-electron chi connectivity index (χ0n) is 11.6. The van der Waals surface area contributed by atoms with Crippen molar-refractivity contribution in [1.29, 1.82) is 0 Å². The summed E-state index contributed by atoms with van der Waals surface area (Å²) in [5, 5.41) is 3.97. The number of halogens is 3. The van der Waals surface area contributed by atoms with E-state index < -0.39 is 0 Å². The molecule has 0 aliphatic carbocycles. The molecule has 2 rings (SSSR count). The van der Waals surface area contributed by atoms with Crippen LogP contribution in [-0.2, 0) is 0 Å². The Morgan fingerprint density at radius 1 is 1.40 bits per heavy atom. The molecule has 20 heavy (non-hydrogen) atoms. The Bertz CT molecular complexity index is 414. The lowest BCUT2D eigenvalue weighted by molar-refractivity contribution is 0.155. The van der Waals surface area contributed by atoms with E-state index in [0.29, 0.717) is 11.4 Å². The Morgan fingerprint density at radius 2 is 2.10 bits per heavy atom. The monoisotopic (exact) mass is 322 g/mol. The number of piperazine rings is 1. The van der Waals surface area contributed by atoms with Crippen LogP contribution in [0.5, 0.6) is 5.75 Å². The van der Waals surface area contributed by atoms with Gasteiger partial charge in [0.2, 0.25) is 0 Å². The first-order chi connectivity index (χ1) is 9.26. The van der Waals surface area contributed by atoms with Crippen LogP contribution >= 0.6 is 24.0 Å². The van der Waals surface area contributed by atoms with E-state index in [-0.39, 0.29) is 25.1 Å². The molecule has 0 bridgehead atoms. The molecule has 1 heterocycles. The number of benzene rings is 1. The van der Waals surface area contributed by atoms with E-state index in [4.69, 9.17) is 16.3 Å². The van der Waals surface area contributed by atoms with Crippen LogP contribution in [0.4, 0.5) is 4.39 Å². The van der Waals surface area contributed by atoms with Crippen LogP contribution in [0.15, 0.2) is 18.2 Å². The SMILES string of the molecule is COc1ccc(Cl)cc1[C@H](CCF)N1CCNCC1.Cl. The minimum Gasteiger partial charge on any atom is -0.496 e. The van der Waals surface area contributed by atoms with Crippen molar-refractivity contribution in [2.24, 2.45) is 0 Å². The largest absolute Gasteiger partial charge is 0.496 e. The summed E-state index contributed by atoms with van der Waals surface area (Å²) in [4.78, 5) is 2.30. The molecule has 1 atom stereocenters. The van der Waals surface area contributed by atoms with Gasteiger partial charge in [-0.1, -0.05) is 11.6 Å². The van der Waals surface area contributed by atoms with Gasteiger partial charge in [-0.25, -0.2) is 0 Å². The van der Waals surface area contributed by atoms with Gasteiger partial charge in [-0.2, -0.15) is 0 Å². The van der Waals surface area contributed by atoms with Gasteiger partial charge in [-0.15, -0.1) is 12.4 Å². The third-order valence-electron chi connectivity index (χ3n) is 3.53. The van der Waals surface area contributed by atoms with Gasteiger partial charge in [0.1, 0.15) is 5.75 Å². The minimum atomic E-state index is -0.343. The predicted molar refractivity (Wildman–Crippen MR) is 83.0 cm³/mol. The van der Waals surface area contributed by atoms with Gasteiger partial charge in [0.15, 0.2) is 0 Å². The first-order valence-corrected chi connectivity index (χ1v) is 6.98. The molecule has 0 unspecified atom stereocenters. The molecule has 1 saturated heterocycles. The highest BCUT2D eigenvalue weighted by Gasteiger charge is 2.24. The molecule has 0 saturated carbocycles. The van der Waals surface area contributed by atoms with Crippen molar-refractivity contribution in [1.82, 2.24) is 10.2 Å². The Morgan fingerprint density at radius 3 is 2.70 bits per heavy atom. The first kappa shape index (κ1) is 17.5. The van der Waals surface area contributed by atoms with Crippen LogP contribution in [0.2, 0.25) is 5.02 Å². The van der Waals surface area contributed by atoms with E-state index in [2.05, 4.69) is 10.2 Å². The fourth-order valence-electron chi connectivity index (χ4n) is 2.60. The summed E-state index contributed by atoms with van der Waals surface area (Å²) in [6.45, 7) is 3.36. The van der Waals surface area contributed by atoms with E-state index >= 15 is 0 Å². The molecular weight excluding hydrogens is 302 g/mol. The van der Waals surface area contributed by atoms with Crippen molar-refractivity contribution >= 4 is 24.0 Å². The quantitative estimate of drug-likeness (QED) is 0.901. The summed E-state index contributed by atoms with van der Waals surface area (Å²) in [5.74, 6) is 0.779. The summed E-state index contributed by atoms with van der Waals surface area (Å²) in [6.07, 6.45) is 0.469. The molecule has 0 spiro atoms. The van der Waals surface area contributed by atoms with E-state index in [1.54, 1.807) is 13.2 Å². The van der Waals surface area contributed by atoms with E-state index in [1.165, 1.54) is 0 Å². The topological polar surface area (TPSA) is 24.5 Å². The first-order valence-electron chi connectivity index (χ1n) is 6.60.